The molecule has 0 amide bonds. The zero-order chi connectivity index (χ0) is 7.68. The van der Waals surface area contributed by atoms with E-state index in [0.29, 0.717) is 0 Å². The standard InChI is InChI=1S/C10H6S/c11-10-7-3-5-8-4-1-2-6-9(8)10/h1-3,5H,7H2. The van der Waals surface area contributed by atoms with Crippen molar-refractivity contribution < 1.29 is 0 Å². The van der Waals surface area contributed by atoms with Crippen molar-refractivity contribution in [1.82, 2.24) is 0 Å². The molecular formula is C10H6S. The predicted molar refractivity (Wildman–Crippen MR) is 49.5 cm³/mol. The molecule has 11 heavy (non-hydrogen) atoms. The van der Waals surface area contributed by atoms with Crippen molar-refractivity contribution in [3.8, 4) is 0 Å². The number of allylic oxidation sites excluding steroid dienone is 1. The molecule has 0 atom stereocenters. The highest BCUT2D eigenvalue weighted by Crippen LogP contribution is 2.17. The topological polar surface area (TPSA) is 0 Å². The van der Waals surface area contributed by atoms with Gasteiger partial charge in [-0.3, -0.25) is 0 Å². The van der Waals surface area contributed by atoms with E-state index in [9.17, 15) is 0 Å². The summed E-state index contributed by atoms with van der Waals surface area (Å²) in [6.07, 6.45) is 4.98. The Morgan fingerprint density at radius 3 is 2.91 bits per heavy atom. The molecule has 1 aliphatic carbocycles. The molecule has 1 heteroatoms. The van der Waals surface area contributed by atoms with Gasteiger partial charge in [0.15, 0.2) is 0 Å². The second-order valence-corrected chi connectivity index (χ2v) is 2.93. The number of thiocarbonyl (C=S) groups is 1. The van der Waals surface area contributed by atoms with E-state index in [2.05, 4.69) is 18.2 Å². The molecule has 0 aliphatic heterocycles. The minimum Gasteiger partial charge on any atom is -0.0839 e. The zero-order valence-electron chi connectivity index (χ0n) is 5.92. The van der Waals surface area contributed by atoms with Crippen molar-refractivity contribution in [2.24, 2.45) is 0 Å². The Labute approximate surface area is 71.6 Å². The van der Waals surface area contributed by atoms with Gasteiger partial charge in [-0.1, -0.05) is 36.5 Å². The Balaban J connectivity index is 2.63. The van der Waals surface area contributed by atoms with Crippen molar-refractivity contribution in [3.05, 3.63) is 41.5 Å². The van der Waals surface area contributed by atoms with Gasteiger partial charge in [-0.05, 0) is 17.7 Å². The minimum atomic E-state index is 0.872. The van der Waals surface area contributed by atoms with E-state index in [-0.39, 0.29) is 0 Å². The Kier molecular flexibility index (Phi) is 1.59. The van der Waals surface area contributed by atoms with Crippen LogP contribution in [0, 0.1) is 12.1 Å². The molecular weight excluding hydrogens is 152 g/mol. The molecule has 0 nitrogen and oxygen atoms in total. The summed E-state index contributed by atoms with van der Waals surface area (Å²) in [5.74, 6) is 0. The van der Waals surface area contributed by atoms with Gasteiger partial charge in [-0.25, -0.2) is 0 Å². The van der Waals surface area contributed by atoms with Crippen LogP contribution in [0.4, 0.5) is 0 Å². The maximum absolute atomic E-state index is 5.16. The fraction of sp³-hybridized carbons (Fsp3) is 0.100. The van der Waals surface area contributed by atoms with E-state index in [0.717, 1.165) is 22.4 Å². The molecule has 0 N–H and O–H groups in total. The summed E-state index contributed by atoms with van der Waals surface area (Å²) in [4.78, 5) is 0.972. The van der Waals surface area contributed by atoms with Gasteiger partial charge in [0.1, 0.15) is 0 Å². The summed E-state index contributed by atoms with van der Waals surface area (Å²) in [6, 6.07) is 9.94. The first kappa shape index (κ1) is 6.74. The van der Waals surface area contributed by atoms with Gasteiger partial charge in [0, 0.05) is 16.8 Å². The summed E-state index contributed by atoms with van der Waals surface area (Å²) in [5, 5.41) is 0. The highest BCUT2D eigenvalue weighted by atomic mass is 32.1. The lowest BCUT2D eigenvalue weighted by Crippen LogP contribution is -2.02. The number of hydrogen-bond acceptors (Lipinski definition) is 1. The molecule has 0 saturated heterocycles. The first-order valence-electron chi connectivity index (χ1n) is 3.50. The Morgan fingerprint density at radius 2 is 2.09 bits per heavy atom. The van der Waals surface area contributed by atoms with Gasteiger partial charge < -0.3 is 0 Å². The molecule has 1 aromatic carbocycles. The van der Waals surface area contributed by atoms with Crippen LogP contribution >= 0.6 is 12.2 Å². The normalized spacial score (nSPS) is 14.7. The molecule has 2 radical (unpaired) electrons. The molecule has 0 bridgehead atoms. The lowest BCUT2D eigenvalue weighted by Gasteiger charge is -2.08. The fourth-order valence-electron chi connectivity index (χ4n) is 1.15. The molecule has 1 aromatic rings. The van der Waals surface area contributed by atoms with E-state index in [1.807, 2.05) is 18.2 Å². The molecule has 0 aromatic heterocycles. The second kappa shape index (κ2) is 2.59. The van der Waals surface area contributed by atoms with Crippen molar-refractivity contribution in [2.45, 2.75) is 6.42 Å². The van der Waals surface area contributed by atoms with Crippen LogP contribution in [0.3, 0.4) is 0 Å². The van der Waals surface area contributed by atoms with Crippen LogP contribution in [0.25, 0.3) is 6.08 Å². The molecule has 0 spiro atoms. The van der Waals surface area contributed by atoms with Crippen LogP contribution in [0.5, 0.6) is 0 Å². The summed E-state index contributed by atoms with van der Waals surface area (Å²) in [6.45, 7) is 0. The van der Waals surface area contributed by atoms with E-state index >= 15 is 0 Å². The van der Waals surface area contributed by atoms with Crippen LogP contribution in [-0.4, -0.2) is 4.86 Å². The van der Waals surface area contributed by atoms with Crippen LogP contribution in [0.15, 0.2) is 18.2 Å². The van der Waals surface area contributed by atoms with Crippen molar-refractivity contribution >= 4 is 23.2 Å². The van der Waals surface area contributed by atoms with Crippen molar-refractivity contribution in [2.75, 3.05) is 0 Å². The second-order valence-electron chi connectivity index (χ2n) is 2.44. The van der Waals surface area contributed by atoms with E-state index in [1.165, 1.54) is 0 Å². The Morgan fingerprint density at radius 1 is 1.27 bits per heavy atom. The molecule has 0 saturated carbocycles. The Bertz CT molecular complexity index is 323. The molecule has 0 unspecified atom stereocenters. The highest BCUT2D eigenvalue weighted by molar-refractivity contribution is 7.80. The van der Waals surface area contributed by atoms with Crippen LogP contribution in [0.2, 0.25) is 0 Å². The van der Waals surface area contributed by atoms with Gasteiger partial charge in [-0.2, -0.15) is 0 Å². The van der Waals surface area contributed by atoms with E-state index in [1.54, 1.807) is 0 Å². The summed E-state index contributed by atoms with van der Waals surface area (Å²) < 4.78 is 0. The van der Waals surface area contributed by atoms with Gasteiger partial charge in [0.05, 0.1) is 0 Å². The third-order valence-corrected chi connectivity index (χ3v) is 2.06. The first-order valence-corrected chi connectivity index (χ1v) is 3.91. The molecule has 0 fully saturated rings. The summed E-state index contributed by atoms with van der Waals surface area (Å²) in [7, 11) is 0. The fourth-order valence-corrected chi connectivity index (χ4v) is 1.42. The Hall–Kier alpha value is -0.950. The number of hydrogen-bond donors (Lipinski definition) is 0. The third kappa shape index (κ3) is 1.12. The maximum Gasteiger partial charge on any atom is 0.0274 e. The van der Waals surface area contributed by atoms with E-state index < -0.39 is 0 Å². The van der Waals surface area contributed by atoms with Gasteiger partial charge in [-0.15, -0.1) is 0 Å². The lowest BCUT2D eigenvalue weighted by molar-refractivity contribution is 1.44. The van der Waals surface area contributed by atoms with Crippen molar-refractivity contribution in [3.63, 3.8) is 0 Å². The van der Waals surface area contributed by atoms with E-state index in [4.69, 9.17) is 12.2 Å². The summed E-state index contributed by atoms with van der Waals surface area (Å²) in [5.41, 5.74) is 2.12. The summed E-state index contributed by atoms with van der Waals surface area (Å²) >= 11 is 5.16. The average molecular weight is 158 g/mol. The molecule has 1 aliphatic rings. The number of rotatable bonds is 0. The zero-order valence-corrected chi connectivity index (χ0v) is 6.74. The van der Waals surface area contributed by atoms with Gasteiger partial charge in [0.2, 0.25) is 0 Å². The van der Waals surface area contributed by atoms with Crippen LogP contribution in [-0.2, 0) is 0 Å². The molecule has 0 heterocycles. The lowest BCUT2D eigenvalue weighted by atomic mass is 9.98. The molecule has 52 valence electrons. The quantitative estimate of drug-likeness (QED) is 0.522. The minimum absolute atomic E-state index is 0.872. The van der Waals surface area contributed by atoms with Crippen LogP contribution < -0.4 is 0 Å². The third-order valence-electron chi connectivity index (χ3n) is 1.69. The molecule has 2 rings (SSSR count). The number of fused-ring (bicyclic) bond motifs is 1. The maximum atomic E-state index is 5.16. The largest absolute Gasteiger partial charge is 0.0839 e. The van der Waals surface area contributed by atoms with Crippen molar-refractivity contribution in [1.29, 1.82) is 0 Å². The SMILES string of the molecule is S=C1CC=Cc2[c]cc[c]c21. The average Bonchev–Trinajstić information content (AvgIpc) is 2.06. The smallest absolute Gasteiger partial charge is 0.0274 e. The van der Waals surface area contributed by atoms with Crippen LogP contribution in [0.1, 0.15) is 17.5 Å². The predicted octanol–water partition coefficient (Wildman–Crippen LogP) is 2.42. The van der Waals surface area contributed by atoms with Gasteiger partial charge >= 0.3 is 0 Å². The highest BCUT2D eigenvalue weighted by Gasteiger charge is 2.07. The van der Waals surface area contributed by atoms with Gasteiger partial charge in [0.25, 0.3) is 0 Å². The first-order chi connectivity index (χ1) is 5.38. The monoisotopic (exact) mass is 158 g/mol. The number of benzene rings is 1.